The molecule has 7 N–H and O–H groups in total. The van der Waals surface area contributed by atoms with Gasteiger partial charge in [0.1, 0.15) is 12.1 Å². The number of carboxylic acid groups (broad SMARTS) is 2. The van der Waals surface area contributed by atoms with Gasteiger partial charge in [-0.2, -0.15) is 12.6 Å². The second-order valence-corrected chi connectivity index (χ2v) is 6.68. The first-order valence-corrected chi connectivity index (χ1v) is 9.49. The molecule has 0 saturated carbocycles. The minimum atomic E-state index is -1.64. The first kappa shape index (κ1) is 24.9. The van der Waals surface area contributed by atoms with Gasteiger partial charge >= 0.3 is 11.9 Å². The summed E-state index contributed by atoms with van der Waals surface area (Å²) in [7, 11) is 0. The van der Waals surface area contributed by atoms with Crippen LogP contribution in [-0.2, 0) is 30.4 Å². The van der Waals surface area contributed by atoms with Crippen molar-refractivity contribution in [2.45, 2.75) is 31.0 Å². The van der Waals surface area contributed by atoms with Crippen molar-refractivity contribution < 1.29 is 34.2 Å². The second-order valence-electron chi connectivity index (χ2n) is 6.31. The topological polar surface area (TPSA) is 188 Å². The predicted molar refractivity (Wildman–Crippen MR) is 109 cm³/mol. The van der Waals surface area contributed by atoms with Crippen molar-refractivity contribution in [2.24, 2.45) is 5.73 Å². The third-order valence-corrected chi connectivity index (χ3v) is 4.28. The fourth-order valence-electron chi connectivity index (χ4n) is 2.33. The summed E-state index contributed by atoms with van der Waals surface area (Å²) in [5.41, 5.74) is 6.36. The van der Waals surface area contributed by atoms with E-state index >= 15 is 0 Å². The van der Waals surface area contributed by atoms with Crippen molar-refractivity contribution in [1.82, 2.24) is 16.0 Å². The first-order chi connectivity index (χ1) is 14.1. The fourth-order valence-corrected chi connectivity index (χ4v) is 2.50. The van der Waals surface area contributed by atoms with Gasteiger partial charge in [0, 0.05) is 12.2 Å². The zero-order valence-electron chi connectivity index (χ0n) is 15.9. The van der Waals surface area contributed by atoms with E-state index in [4.69, 9.17) is 15.9 Å². The largest absolute Gasteiger partial charge is 0.481 e. The van der Waals surface area contributed by atoms with Crippen LogP contribution in [-0.4, -0.2) is 70.3 Å². The molecule has 1 rings (SSSR count). The quantitative estimate of drug-likeness (QED) is 0.184. The number of hydrogen-bond acceptors (Lipinski definition) is 7. The maximum atomic E-state index is 12.5. The minimum absolute atomic E-state index is 0.0636. The molecule has 0 aliphatic heterocycles. The van der Waals surface area contributed by atoms with E-state index < -0.39 is 60.8 Å². The molecule has 3 unspecified atom stereocenters. The van der Waals surface area contributed by atoms with Gasteiger partial charge in [-0.25, -0.2) is 4.79 Å². The Balaban J connectivity index is 2.75. The van der Waals surface area contributed by atoms with Gasteiger partial charge in [-0.15, -0.1) is 0 Å². The zero-order chi connectivity index (χ0) is 22.7. The number of benzene rings is 1. The van der Waals surface area contributed by atoms with Crippen LogP contribution in [0.3, 0.4) is 0 Å². The van der Waals surface area contributed by atoms with Gasteiger partial charge in [0.2, 0.25) is 17.7 Å². The number of rotatable bonds is 12. The molecule has 3 amide bonds. The minimum Gasteiger partial charge on any atom is -0.481 e. The summed E-state index contributed by atoms with van der Waals surface area (Å²) < 4.78 is 0. The number of carbonyl (C=O) groups is 5. The highest BCUT2D eigenvalue weighted by Crippen LogP contribution is 2.04. The molecule has 164 valence electrons. The predicted octanol–water partition coefficient (Wildman–Crippen LogP) is -1.87. The molecule has 0 radical (unpaired) electrons. The van der Waals surface area contributed by atoms with Crippen LogP contribution in [0.5, 0.6) is 0 Å². The molecule has 0 aromatic heterocycles. The maximum Gasteiger partial charge on any atom is 0.326 e. The molecular weight excluding hydrogens is 416 g/mol. The lowest BCUT2D eigenvalue weighted by Gasteiger charge is -2.20. The van der Waals surface area contributed by atoms with E-state index in [9.17, 15) is 24.0 Å². The Bertz CT molecular complexity index is 775. The van der Waals surface area contributed by atoms with E-state index in [2.05, 4.69) is 23.3 Å². The second kappa shape index (κ2) is 12.4. The summed E-state index contributed by atoms with van der Waals surface area (Å²) in [5, 5.41) is 24.4. The van der Waals surface area contributed by atoms with Crippen LogP contribution in [0, 0.1) is 0 Å². The lowest BCUT2D eigenvalue weighted by Crippen LogP contribution is -2.54. The summed E-state index contributed by atoms with van der Waals surface area (Å²) in [4.78, 5) is 58.2. The highest BCUT2D eigenvalue weighted by Gasteiger charge is 2.26. The van der Waals surface area contributed by atoms with Crippen LogP contribution < -0.4 is 21.7 Å². The van der Waals surface area contributed by atoms with Crippen LogP contribution in [0.2, 0.25) is 0 Å². The molecule has 0 spiro atoms. The summed E-state index contributed by atoms with van der Waals surface area (Å²) in [6.45, 7) is -0.609. The van der Waals surface area contributed by atoms with E-state index in [0.29, 0.717) is 0 Å². The number of carbonyl (C=O) groups excluding carboxylic acids is 3. The van der Waals surface area contributed by atoms with Gasteiger partial charge in [0.05, 0.1) is 19.0 Å². The molecule has 3 atom stereocenters. The van der Waals surface area contributed by atoms with Crippen LogP contribution >= 0.6 is 12.6 Å². The van der Waals surface area contributed by atoms with Crippen LogP contribution in [0.1, 0.15) is 12.0 Å². The molecule has 0 saturated heterocycles. The highest BCUT2D eigenvalue weighted by atomic mass is 32.1. The van der Waals surface area contributed by atoms with Gasteiger partial charge in [0.15, 0.2) is 0 Å². The van der Waals surface area contributed by atoms with Crippen molar-refractivity contribution in [3.05, 3.63) is 35.9 Å². The van der Waals surface area contributed by atoms with E-state index in [-0.39, 0.29) is 12.2 Å². The molecule has 0 bridgehead atoms. The number of thiol groups is 1. The summed E-state index contributed by atoms with van der Waals surface area (Å²) in [6, 6.07) is 5.18. The summed E-state index contributed by atoms with van der Waals surface area (Å²) in [5.74, 6) is -5.05. The third kappa shape index (κ3) is 8.92. The molecule has 0 aliphatic carbocycles. The standard InChI is InChI=1S/C18H24N4O7S/c19-11(9-30)16(26)22-12(6-10-4-2-1-3-5-10)17(27)20-8-14(23)21-13(18(28)29)7-15(24)25/h1-5,11-13,30H,6-9,19H2,(H,20,27)(H,21,23)(H,22,26)(H,24,25)(H,28,29). The molecule has 0 fully saturated rings. The zero-order valence-corrected chi connectivity index (χ0v) is 16.8. The molecule has 0 heterocycles. The van der Waals surface area contributed by atoms with Crippen LogP contribution in [0.25, 0.3) is 0 Å². The van der Waals surface area contributed by atoms with E-state index in [1.807, 2.05) is 5.32 Å². The van der Waals surface area contributed by atoms with E-state index in [0.717, 1.165) is 5.56 Å². The Morgan fingerprint density at radius 2 is 1.60 bits per heavy atom. The Kier molecular flexibility index (Phi) is 10.3. The average molecular weight is 440 g/mol. The Labute approximate surface area is 177 Å². The molecule has 0 aliphatic rings. The van der Waals surface area contributed by atoms with Gasteiger partial charge in [-0.3, -0.25) is 19.2 Å². The normalized spacial score (nSPS) is 13.4. The number of hydrogen-bond donors (Lipinski definition) is 7. The van der Waals surface area contributed by atoms with Crippen molar-refractivity contribution in [1.29, 1.82) is 0 Å². The Morgan fingerprint density at radius 1 is 0.967 bits per heavy atom. The van der Waals surface area contributed by atoms with Crippen molar-refractivity contribution in [3.63, 3.8) is 0 Å². The monoisotopic (exact) mass is 440 g/mol. The summed E-state index contributed by atoms with van der Waals surface area (Å²) >= 11 is 3.94. The van der Waals surface area contributed by atoms with Crippen molar-refractivity contribution >= 4 is 42.3 Å². The first-order valence-electron chi connectivity index (χ1n) is 8.86. The number of carboxylic acids is 2. The smallest absolute Gasteiger partial charge is 0.326 e. The number of amides is 3. The number of nitrogens with two attached hydrogens (primary N) is 1. The molecule has 30 heavy (non-hydrogen) atoms. The molecule has 1 aromatic carbocycles. The van der Waals surface area contributed by atoms with Crippen LogP contribution in [0.4, 0.5) is 0 Å². The highest BCUT2D eigenvalue weighted by molar-refractivity contribution is 7.80. The number of aliphatic carboxylic acids is 2. The van der Waals surface area contributed by atoms with Crippen LogP contribution in [0.15, 0.2) is 30.3 Å². The average Bonchev–Trinajstić information content (AvgIpc) is 2.70. The SMILES string of the molecule is NC(CS)C(=O)NC(Cc1ccccc1)C(=O)NCC(=O)NC(CC(=O)O)C(=O)O. The third-order valence-electron chi connectivity index (χ3n) is 3.88. The fraction of sp³-hybridized carbons (Fsp3) is 0.389. The lowest BCUT2D eigenvalue weighted by molar-refractivity contribution is -0.147. The van der Waals surface area contributed by atoms with E-state index in [1.54, 1.807) is 30.3 Å². The molecule has 12 heteroatoms. The molecular formula is C18H24N4O7S. The number of nitrogens with one attached hydrogen (secondary N) is 3. The molecule has 1 aromatic rings. The van der Waals surface area contributed by atoms with Crippen molar-refractivity contribution in [3.8, 4) is 0 Å². The van der Waals surface area contributed by atoms with Crippen molar-refractivity contribution in [2.75, 3.05) is 12.3 Å². The van der Waals surface area contributed by atoms with Gasteiger partial charge < -0.3 is 31.9 Å². The Hall–Kier alpha value is -3.12. The maximum absolute atomic E-state index is 12.5. The van der Waals surface area contributed by atoms with Gasteiger partial charge in [-0.05, 0) is 5.56 Å². The molecule has 11 nitrogen and oxygen atoms in total. The summed E-state index contributed by atoms with van der Waals surface area (Å²) in [6.07, 6.45) is -0.695. The van der Waals surface area contributed by atoms with E-state index in [1.165, 1.54) is 0 Å². The van der Waals surface area contributed by atoms with Gasteiger partial charge in [-0.1, -0.05) is 30.3 Å². The lowest BCUT2D eigenvalue weighted by atomic mass is 10.0. The Morgan fingerprint density at radius 3 is 2.13 bits per heavy atom. The van der Waals surface area contributed by atoms with Gasteiger partial charge in [0.25, 0.3) is 0 Å².